The van der Waals surface area contributed by atoms with Crippen LogP contribution in [0.5, 0.6) is 5.75 Å². The molecular formula is C19H29N3O3. The molecule has 2 aliphatic heterocycles. The molecule has 0 radical (unpaired) electrons. The van der Waals surface area contributed by atoms with Crippen molar-refractivity contribution in [3.05, 3.63) is 24.3 Å². The highest BCUT2D eigenvalue weighted by atomic mass is 16.5. The number of rotatable bonds is 3. The molecule has 0 spiro atoms. The predicted molar refractivity (Wildman–Crippen MR) is 97.9 cm³/mol. The van der Waals surface area contributed by atoms with Gasteiger partial charge in [-0.25, -0.2) is 0 Å². The second kappa shape index (κ2) is 7.62. The fourth-order valence-electron chi connectivity index (χ4n) is 3.86. The number of morpholine rings is 1. The number of phenolic OH excluding ortho intramolecular Hbond substituents is 1. The summed E-state index contributed by atoms with van der Waals surface area (Å²) in [6.07, 6.45) is 0.190. The Labute approximate surface area is 150 Å². The van der Waals surface area contributed by atoms with Crippen molar-refractivity contribution in [3.8, 4) is 5.75 Å². The van der Waals surface area contributed by atoms with E-state index in [4.69, 9.17) is 4.74 Å². The lowest BCUT2D eigenvalue weighted by Gasteiger charge is -2.42. The molecule has 2 aliphatic rings. The van der Waals surface area contributed by atoms with E-state index in [1.807, 2.05) is 43.9 Å². The number of anilines is 1. The lowest BCUT2D eigenvalue weighted by molar-refractivity contribution is -0.148. The van der Waals surface area contributed by atoms with Gasteiger partial charge in [0.25, 0.3) is 0 Å². The van der Waals surface area contributed by atoms with Crippen molar-refractivity contribution < 1.29 is 14.6 Å². The molecule has 3 rings (SSSR count). The maximum absolute atomic E-state index is 12.9. The van der Waals surface area contributed by atoms with Gasteiger partial charge in [-0.2, -0.15) is 0 Å². The van der Waals surface area contributed by atoms with Crippen LogP contribution in [0, 0.1) is 0 Å². The predicted octanol–water partition coefficient (Wildman–Crippen LogP) is 1.54. The number of carbonyl (C=O) groups is 1. The van der Waals surface area contributed by atoms with Gasteiger partial charge in [-0.05, 0) is 32.9 Å². The monoisotopic (exact) mass is 347 g/mol. The summed E-state index contributed by atoms with van der Waals surface area (Å²) in [4.78, 5) is 19.2. The standard InChI is InChI=1S/C19H29N3O3/c1-14-12-22(13-15(2)25-14)19(24)16(3)20-8-10-21(11-9-20)17-6-4-5-7-18(17)23/h4-7,14-16,23H,8-13H2,1-3H3/t14-,15-,16+/m0/s1. The number of phenols is 1. The molecule has 0 aliphatic carbocycles. The number of hydrogen-bond acceptors (Lipinski definition) is 5. The topological polar surface area (TPSA) is 56.2 Å². The van der Waals surface area contributed by atoms with Crippen LogP contribution in [0.3, 0.4) is 0 Å². The first-order valence-corrected chi connectivity index (χ1v) is 9.17. The van der Waals surface area contributed by atoms with E-state index in [9.17, 15) is 9.90 Å². The maximum Gasteiger partial charge on any atom is 0.239 e. The Kier molecular flexibility index (Phi) is 5.49. The fraction of sp³-hybridized carbons (Fsp3) is 0.632. The molecular weight excluding hydrogens is 318 g/mol. The zero-order chi connectivity index (χ0) is 18.0. The van der Waals surface area contributed by atoms with Gasteiger partial charge in [-0.15, -0.1) is 0 Å². The summed E-state index contributed by atoms with van der Waals surface area (Å²) in [7, 11) is 0. The summed E-state index contributed by atoms with van der Waals surface area (Å²) in [5, 5.41) is 10.0. The Balaban J connectivity index is 1.57. The number of benzene rings is 1. The molecule has 0 bridgehead atoms. The van der Waals surface area contributed by atoms with Crippen molar-refractivity contribution >= 4 is 11.6 Å². The third kappa shape index (κ3) is 4.07. The Morgan fingerprint density at radius 3 is 2.32 bits per heavy atom. The molecule has 25 heavy (non-hydrogen) atoms. The van der Waals surface area contributed by atoms with Crippen molar-refractivity contribution in [2.75, 3.05) is 44.2 Å². The molecule has 3 atom stereocenters. The molecule has 0 aromatic heterocycles. The van der Waals surface area contributed by atoms with Crippen LogP contribution in [0.4, 0.5) is 5.69 Å². The number of carbonyl (C=O) groups excluding carboxylic acids is 1. The van der Waals surface area contributed by atoms with Gasteiger partial charge in [-0.3, -0.25) is 9.69 Å². The minimum Gasteiger partial charge on any atom is -0.506 e. The molecule has 1 N–H and O–H groups in total. The average molecular weight is 347 g/mol. The molecule has 1 aromatic carbocycles. The van der Waals surface area contributed by atoms with Gasteiger partial charge in [0.05, 0.1) is 23.9 Å². The number of amides is 1. The minimum absolute atomic E-state index is 0.0952. The third-order valence-corrected chi connectivity index (χ3v) is 5.17. The molecule has 6 heteroatoms. The third-order valence-electron chi connectivity index (χ3n) is 5.17. The van der Waals surface area contributed by atoms with Gasteiger partial charge in [0, 0.05) is 39.3 Å². The number of aromatic hydroxyl groups is 1. The van der Waals surface area contributed by atoms with Crippen LogP contribution in [0.25, 0.3) is 0 Å². The highest BCUT2D eigenvalue weighted by molar-refractivity contribution is 5.81. The van der Waals surface area contributed by atoms with Gasteiger partial charge >= 0.3 is 0 Å². The summed E-state index contributed by atoms with van der Waals surface area (Å²) >= 11 is 0. The first-order chi connectivity index (χ1) is 12.0. The fourth-order valence-corrected chi connectivity index (χ4v) is 3.86. The number of nitrogens with zero attached hydrogens (tertiary/aromatic N) is 3. The van der Waals surface area contributed by atoms with Crippen molar-refractivity contribution in [2.24, 2.45) is 0 Å². The van der Waals surface area contributed by atoms with Crippen molar-refractivity contribution in [1.29, 1.82) is 0 Å². The second-order valence-electron chi connectivity index (χ2n) is 7.19. The quantitative estimate of drug-likeness (QED) is 0.899. The van der Waals surface area contributed by atoms with Crippen LogP contribution in [0.2, 0.25) is 0 Å². The molecule has 0 saturated carbocycles. The molecule has 138 valence electrons. The Bertz CT molecular complexity index is 591. The molecule has 2 heterocycles. The molecule has 1 aromatic rings. The average Bonchev–Trinajstić information content (AvgIpc) is 2.60. The van der Waals surface area contributed by atoms with Gasteiger partial charge < -0.3 is 19.6 Å². The van der Waals surface area contributed by atoms with E-state index in [-0.39, 0.29) is 24.2 Å². The first kappa shape index (κ1) is 18.0. The number of para-hydroxylation sites is 2. The Hall–Kier alpha value is -1.79. The van der Waals surface area contributed by atoms with E-state index in [0.29, 0.717) is 18.8 Å². The Morgan fingerprint density at radius 1 is 1.12 bits per heavy atom. The second-order valence-corrected chi connectivity index (χ2v) is 7.19. The number of hydrogen-bond donors (Lipinski definition) is 1. The van der Waals surface area contributed by atoms with Gasteiger partial charge in [0.2, 0.25) is 5.91 Å². The Morgan fingerprint density at radius 2 is 1.72 bits per heavy atom. The van der Waals surface area contributed by atoms with E-state index in [1.54, 1.807) is 6.07 Å². The zero-order valence-corrected chi connectivity index (χ0v) is 15.4. The van der Waals surface area contributed by atoms with E-state index in [1.165, 1.54) is 0 Å². The van der Waals surface area contributed by atoms with Crippen molar-refractivity contribution in [2.45, 2.75) is 39.0 Å². The molecule has 2 saturated heterocycles. The highest BCUT2D eigenvalue weighted by Crippen LogP contribution is 2.27. The summed E-state index contributed by atoms with van der Waals surface area (Å²) in [5.41, 5.74) is 0.872. The van der Waals surface area contributed by atoms with Gasteiger partial charge in [-0.1, -0.05) is 12.1 Å². The zero-order valence-electron chi connectivity index (χ0n) is 15.4. The highest BCUT2D eigenvalue weighted by Gasteiger charge is 2.32. The van der Waals surface area contributed by atoms with Crippen LogP contribution in [0.1, 0.15) is 20.8 Å². The summed E-state index contributed by atoms with van der Waals surface area (Å²) in [6.45, 7) is 10.6. The van der Waals surface area contributed by atoms with E-state index < -0.39 is 0 Å². The molecule has 1 amide bonds. The number of piperazine rings is 1. The van der Waals surface area contributed by atoms with E-state index in [2.05, 4.69) is 9.80 Å². The maximum atomic E-state index is 12.9. The molecule has 6 nitrogen and oxygen atoms in total. The van der Waals surface area contributed by atoms with Crippen molar-refractivity contribution in [1.82, 2.24) is 9.80 Å². The van der Waals surface area contributed by atoms with Gasteiger partial charge in [0.1, 0.15) is 5.75 Å². The van der Waals surface area contributed by atoms with Crippen LogP contribution >= 0.6 is 0 Å². The largest absolute Gasteiger partial charge is 0.506 e. The lowest BCUT2D eigenvalue weighted by Crippen LogP contribution is -2.57. The molecule has 0 unspecified atom stereocenters. The van der Waals surface area contributed by atoms with E-state index in [0.717, 1.165) is 31.9 Å². The SMILES string of the molecule is C[C@H](C(=O)N1C[C@H](C)O[C@@H](C)C1)N1CCN(c2ccccc2O)CC1. The normalized spacial score (nSPS) is 26.5. The van der Waals surface area contributed by atoms with Crippen LogP contribution in [-0.2, 0) is 9.53 Å². The van der Waals surface area contributed by atoms with Gasteiger partial charge in [0.15, 0.2) is 0 Å². The van der Waals surface area contributed by atoms with Crippen molar-refractivity contribution in [3.63, 3.8) is 0 Å². The summed E-state index contributed by atoms with van der Waals surface area (Å²) in [6, 6.07) is 7.31. The smallest absolute Gasteiger partial charge is 0.239 e. The first-order valence-electron chi connectivity index (χ1n) is 9.17. The minimum atomic E-state index is -0.121. The van der Waals surface area contributed by atoms with Crippen LogP contribution in [-0.4, -0.2) is 78.3 Å². The number of ether oxygens (including phenoxy) is 1. The molecule has 2 fully saturated rings. The lowest BCUT2D eigenvalue weighted by atomic mass is 10.1. The summed E-state index contributed by atoms with van der Waals surface area (Å²) in [5.74, 6) is 0.509. The van der Waals surface area contributed by atoms with E-state index >= 15 is 0 Å². The van der Waals surface area contributed by atoms with Crippen LogP contribution < -0.4 is 4.90 Å². The summed E-state index contributed by atoms with van der Waals surface area (Å²) < 4.78 is 5.73. The van der Waals surface area contributed by atoms with Crippen LogP contribution in [0.15, 0.2) is 24.3 Å².